The molecule has 10 heteroatoms. The SMILES string of the molecule is Cc1nn(CCO)c(C)c1S(=O)(=O)NCCn1ccnn1. The molecule has 2 aromatic heterocycles. The van der Waals surface area contributed by atoms with Crippen molar-refractivity contribution >= 4 is 10.0 Å². The van der Waals surface area contributed by atoms with Crippen LogP contribution in [0.1, 0.15) is 11.4 Å². The van der Waals surface area contributed by atoms with Crippen molar-refractivity contribution in [1.29, 1.82) is 0 Å². The van der Waals surface area contributed by atoms with Crippen LogP contribution < -0.4 is 4.72 Å². The molecule has 0 aromatic carbocycles. The largest absolute Gasteiger partial charge is 0.394 e. The fraction of sp³-hybridized carbons (Fsp3) is 0.545. The number of sulfonamides is 1. The molecule has 0 fully saturated rings. The van der Waals surface area contributed by atoms with Crippen LogP contribution in [-0.4, -0.2) is 51.5 Å². The van der Waals surface area contributed by atoms with Gasteiger partial charge < -0.3 is 5.11 Å². The molecular weight excluding hydrogens is 296 g/mol. The predicted molar refractivity (Wildman–Crippen MR) is 74.0 cm³/mol. The molecule has 0 spiro atoms. The molecule has 2 heterocycles. The van der Waals surface area contributed by atoms with Gasteiger partial charge in [0.05, 0.1) is 37.3 Å². The van der Waals surface area contributed by atoms with Gasteiger partial charge >= 0.3 is 0 Å². The Labute approximate surface area is 122 Å². The van der Waals surface area contributed by atoms with Crippen LogP contribution in [0.3, 0.4) is 0 Å². The van der Waals surface area contributed by atoms with E-state index in [1.165, 1.54) is 15.6 Å². The average Bonchev–Trinajstić information content (AvgIpc) is 2.99. The van der Waals surface area contributed by atoms with Gasteiger partial charge in [-0.25, -0.2) is 13.1 Å². The molecule has 0 amide bonds. The zero-order chi connectivity index (χ0) is 15.5. The van der Waals surface area contributed by atoms with Gasteiger partial charge in [0.1, 0.15) is 4.90 Å². The van der Waals surface area contributed by atoms with E-state index in [4.69, 9.17) is 5.11 Å². The Morgan fingerprint density at radius 1 is 1.33 bits per heavy atom. The van der Waals surface area contributed by atoms with Crippen molar-refractivity contribution in [1.82, 2.24) is 29.5 Å². The first-order valence-corrected chi connectivity index (χ1v) is 7.92. The maximum absolute atomic E-state index is 12.3. The first-order valence-electron chi connectivity index (χ1n) is 6.44. The minimum Gasteiger partial charge on any atom is -0.394 e. The number of hydrogen-bond acceptors (Lipinski definition) is 6. The number of rotatable bonds is 7. The molecule has 0 saturated carbocycles. The lowest BCUT2D eigenvalue weighted by atomic mass is 10.4. The van der Waals surface area contributed by atoms with E-state index in [9.17, 15) is 8.42 Å². The number of aromatic nitrogens is 5. The van der Waals surface area contributed by atoms with E-state index in [0.717, 1.165) is 0 Å². The molecule has 0 bridgehead atoms. The minimum atomic E-state index is -3.65. The quantitative estimate of drug-likeness (QED) is 0.682. The third-order valence-corrected chi connectivity index (χ3v) is 4.71. The second kappa shape index (κ2) is 6.33. The summed E-state index contributed by atoms with van der Waals surface area (Å²) < 4.78 is 30.2. The number of hydrogen-bond donors (Lipinski definition) is 2. The van der Waals surface area contributed by atoms with Crippen LogP contribution in [0.25, 0.3) is 0 Å². The summed E-state index contributed by atoms with van der Waals surface area (Å²) in [5, 5.41) is 20.5. The zero-order valence-electron chi connectivity index (χ0n) is 11.9. The Bertz CT molecular complexity index is 692. The van der Waals surface area contributed by atoms with Crippen molar-refractivity contribution in [2.75, 3.05) is 13.2 Å². The van der Waals surface area contributed by atoms with Crippen LogP contribution in [0.15, 0.2) is 17.3 Å². The van der Waals surface area contributed by atoms with Gasteiger partial charge in [-0.15, -0.1) is 5.10 Å². The predicted octanol–water partition coefficient (Wildman–Crippen LogP) is -0.938. The Morgan fingerprint density at radius 3 is 2.71 bits per heavy atom. The monoisotopic (exact) mass is 314 g/mol. The second-order valence-corrected chi connectivity index (χ2v) is 6.21. The molecule has 2 N–H and O–H groups in total. The number of nitrogens with one attached hydrogen (secondary N) is 1. The summed E-state index contributed by atoms with van der Waals surface area (Å²) in [5.74, 6) is 0. The lowest BCUT2D eigenvalue weighted by Crippen LogP contribution is -2.28. The van der Waals surface area contributed by atoms with Gasteiger partial charge in [0, 0.05) is 12.7 Å². The van der Waals surface area contributed by atoms with Crippen molar-refractivity contribution in [3.8, 4) is 0 Å². The fourth-order valence-corrected chi connectivity index (χ4v) is 3.53. The summed E-state index contributed by atoms with van der Waals surface area (Å²) in [5.41, 5.74) is 0.920. The van der Waals surface area contributed by atoms with Gasteiger partial charge in [0.25, 0.3) is 0 Å². The average molecular weight is 314 g/mol. The molecule has 0 unspecified atom stereocenters. The van der Waals surface area contributed by atoms with E-state index in [2.05, 4.69) is 20.1 Å². The fourth-order valence-electron chi connectivity index (χ4n) is 2.10. The van der Waals surface area contributed by atoms with Gasteiger partial charge in [-0.05, 0) is 13.8 Å². The van der Waals surface area contributed by atoms with Gasteiger partial charge in [-0.1, -0.05) is 5.21 Å². The van der Waals surface area contributed by atoms with Crippen molar-refractivity contribution in [3.05, 3.63) is 23.8 Å². The Morgan fingerprint density at radius 2 is 2.10 bits per heavy atom. The molecule has 21 heavy (non-hydrogen) atoms. The molecule has 0 atom stereocenters. The maximum Gasteiger partial charge on any atom is 0.244 e. The molecule has 0 saturated heterocycles. The third-order valence-electron chi connectivity index (χ3n) is 3.00. The highest BCUT2D eigenvalue weighted by Gasteiger charge is 2.24. The van der Waals surface area contributed by atoms with Gasteiger partial charge in [-0.2, -0.15) is 5.10 Å². The number of aryl methyl sites for hydroxylation is 1. The van der Waals surface area contributed by atoms with E-state index in [1.807, 2.05) is 0 Å². The molecule has 116 valence electrons. The normalized spacial score (nSPS) is 12.0. The van der Waals surface area contributed by atoms with Crippen LogP contribution in [0.4, 0.5) is 0 Å². The Kier molecular flexibility index (Phi) is 4.70. The summed E-state index contributed by atoms with van der Waals surface area (Å²) in [6, 6.07) is 0. The standard InChI is InChI=1S/C11H18N6O3S/c1-9-11(10(2)17(14-9)7-8-18)21(19,20)13-4-6-16-5-3-12-15-16/h3,5,13,18H,4,6-8H2,1-2H3. The molecule has 2 rings (SSSR count). The zero-order valence-corrected chi connectivity index (χ0v) is 12.7. The summed E-state index contributed by atoms with van der Waals surface area (Å²) in [7, 11) is -3.65. The van der Waals surface area contributed by atoms with Crippen LogP contribution in [0.2, 0.25) is 0 Å². The second-order valence-electron chi connectivity index (χ2n) is 4.51. The van der Waals surface area contributed by atoms with Crippen molar-refractivity contribution < 1.29 is 13.5 Å². The maximum atomic E-state index is 12.3. The van der Waals surface area contributed by atoms with E-state index in [0.29, 0.717) is 17.9 Å². The lowest BCUT2D eigenvalue weighted by Gasteiger charge is -2.07. The highest BCUT2D eigenvalue weighted by molar-refractivity contribution is 7.89. The van der Waals surface area contributed by atoms with Crippen LogP contribution in [0, 0.1) is 13.8 Å². The van der Waals surface area contributed by atoms with Crippen molar-refractivity contribution in [2.24, 2.45) is 0 Å². The van der Waals surface area contributed by atoms with Crippen molar-refractivity contribution in [2.45, 2.75) is 31.8 Å². The molecule has 2 aromatic rings. The lowest BCUT2D eigenvalue weighted by molar-refractivity contribution is 0.267. The topological polar surface area (TPSA) is 115 Å². The number of nitrogens with zero attached hydrogens (tertiary/aromatic N) is 5. The molecule has 9 nitrogen and oxygen atoms in total. The van der Waals surface area contributed by atoms with E-state index < -0.39 is 10.0 Å². The molecule has 0 aliphatic heterocycles. The summed E-state index contributed by atoms with van der Waals surface area (Å²) in [6.07, 6.45) is 3.19. The van der Waals surface area contributed by atoms with Crippen molar-refractivity contribution in [3.63, 3.8) is 0 Å². The number of aliphatic hydroxyl groups is 1. The highest BCUT2D eigenvalue weighted by Crippen LogP contribution is 2.18. The summed E-state index contributed by atoms with van der Waals surface area (Å²) in [4.78, 5) is 0.162. The van der Waals surface area contributed by atoms with Gasteiger partial charge in [0.15, 0.2) is 0 Å². The van der Waals surface area contributed by atoms with E-state index in [-0.39, 0.29) is 24.6 Å². The molecule has 0 radical (unpaired) electrons. The first-order chi connectivity index (χ1) is 9.95. The molecule has 0 aliphatic rings. The van der Waals surface area contributed by atoms with Gasteiger partial charge in [0.2, 0.25) is 10.0 Å². The Balaban J connectivity index is 2.12. The molecular formula is C11H18N6O3S. The van der Waals surface area contributed by atoms with Gasteiger partial charge in [-0.3, -0.25) is 9.36 Å². The van der Waals surface area contributed by atoms with E-state index >= 15 is 0 Å². The summed E-state index contributed by atoms with van der Waals surface area (Å²) in [6.45, 7) is 4.06. The highest BCUT2D eigenvalue weighted by atomic mass is 32.2. The summed E-state index contributed by atoms with van der Waals surface area (Å²) >= 11 is 0. The van der Waals surface area contributed by atoms with E-state index in [1.54, 1.807) is 20.0 Å². The number of aliphatic hydroxyl groups excluding tert-OH is 1. The van der Waals surface area contributed by atoms with Crippen LogP contribution in [0.5, 0.6) is 0 Å². The van der Waals surface area contributed by atoms with Crippen LogP contribution >= 0.6 is 0 Å². The molecule has 0 aliphatic carbocycles. The smallest absolute Gasteiger partial charge is 0.244 e. The first kappa shape index (κ1) is 15.6. The minimum absolute atomic E-state index is 0.0961. The Hall–Kier alpha value is -1.78. The van der Waals surface area contributed by atoms with Crippen LogP contribution in [-0.2, 0) is 23.1 Å². The third kappa shape index (κ3) is 3.46.